The number of amides is 1. The van der Waals surface area contributed by atoms with Gasteiger partial charge >= 0.3 is 0 Å². The summed E-state index contributed by atoms with van der Waals surface area (Å²) in [5.41, 5.74) is 0.883. The van der Waals surface area contributed by atoms with Gasteiger partial charge in [-0.15, -0.1) is 22.7 Å². The van der Waals surface area contributed by atoms with Gasteiger partial charge in [-0.1, -0.05) is 0 Å². The molecule has 3 atom stereocenters. The second-order valence-electron chi connectivity index (χ2n) is 7.81. The molecule has 152 valence electrons. The molecule has 0 aromatic carbocycles. The first-order valence-corrected chi connectivity index (χ1v) is 12.4. The molecular formula is C20H26BrN3O2S2. The highest BCUT2D eigenvalue weighted by molar-refractivity contribution is 9.10. The minimum Gasteiger partial charge on any atom is -0.373 e. The van der Waals surface area contributed by atoms with E-state index in [1.54, 1.807) is 22.7 Å². The second-order valence-corrected chi connectivity index (χ2v) is 10.5. The molecule has 0 N–H and O–H groups in total. The minimum absolute atomic E-state index is 0.209. The van der Waals surface area contributed by atoms with Gasteiger partial charge in [-0.3, -0.25) is 9.69 Å². The number of morpholine rings is 1. The Morgan fingerprint density at radius 1 is 1.29 bits per heavy atom. The molecule has 3 unspecified atom stereocenters. The molecule has 2 saturated heterocycles. The van der Waals surface area contributed by atoms with Crippen molar-refractivity contribution in [2.75, 3.05) is 26.2 Å². The van der Waals surface area contributed by atoms with E-state index < -0.39 is 0 Å². The van der Waals surface area contributed by atoms with Gasteiger partial charge in [0.1, 0.15) is 5.01 Å². The number of carbonyl (C=O) groups is 1. The van der Waals surface area contributed by atoms with Crippen molar-refractivity contribution < 1.29 is 9.53 Å². The SMILES string of the molecule is CC1CN(CC2CCCN2C(=O)Cc2csc(-c3cc(Br)cs3)n2)CC(C)O1. The zero-order chi connectivity index (χ0) is 19.7. The van der Waals surface area contributed by atoms with Crippen LogP contribution in [0.25, 0.3) is 9.88 Å². The molecule has 0 spiro atoms. The fourth-order valence-corrected chi connectivity index (χ4v) is 6.60. The van der Waals surface area contributed by atoms with Crippen LogP contribution >= 0.6 is 38.6 Å². The van der Waals surface area contributed by atoms with E-state index in [4.69, 9.17) is 9.72 Å². The molecule has 0 bridgehead atoms. The van der Waals surface area contributed by atoms with E-state index in [-0.39, 0.29) is 18.1 Å². The molecule has 0 saturated carbocycles. The number of likely N-dealkylation sites (tertiary alicyclic amines) is 1. The number of thiazole rings is 1. The predicted octanol–water partition coefficient (Wildman–Crippen LogP) is 4.28. The molecule has 2 aliphatic rings. The molecule has 5 nitrogen and oxygen atoms in total. The van der Waals surface area contributed by atoms with Crippen LogP contribution in [0.4, 0.5) is 0 Å². The number of thiophene rings is 1. The van der Waals surface area contributed by atoms with Crippen molar-refractivity contribution in [2.45, 2.75) is 51.4 Å². The minimum atomic E-state index is 0.209. The lowest BCUT2D eigenvalue weighted by Crippen LogP contribution is -2.51. The topological polar surface area (TPSA) is 45.7 Å². The Bertz CT molecular complexity index is 814. The van der Waals surface area contributed by atoms with E-state index in [9.17, 15) is 4.79 Å². The van der Waals surface area contributed by atoms with Crippen LogP contribution in [-0.4, -0.2) is 65.1 Å². The van der Waals surface area contributed by atoms with Crippen LogP contribution in [0.15, 0.2) is 21.3 Å². The number of carbonyl (C=O) groups excluding carboxylic acids is 1. The zero-order valence-corrected chi connectivity index (χ0v) is 19.5. The molecule has 1 amide bonds. The fraction of sp³-hybridized carbons (Fsp3) is 0.600. The molecular weight excluding hydrogens is 458 g/mol. The Hall–Kier alpha value is -0.800. The number of aromatic nitrogens is 1. The third-order valence-electron chi connectivity index (χ3n) is 5.32. The van der Waals surface area contributed by atoms with Crippen molar-refractivity contribution in [3.63, 3.8) is 0 Å². The summed E-state index contributed by atoms with van der Waals surface area (Å²) in [5.74, 6) is 0.209. The van der Waals surface area contributed by atoms with E-state index in [1.807, 2.05) is 5.38 Å². The summed E-state index contributed by atoms with van der Waals surface area (Å²) in [5, 5.41) is 5.08. The quantitative estimate of drug-likeness (QED) is 0.636. The molecule has 2 aromatic rings. The van der Waals surface area contributed by atoms with E-state index in [0.717, 1.165) is 59.1 Å². The summed E-state index contributed by atoms with van der Waals surface area (Å²) >= 11 is 6.78. The number of halogens is 1. The van der Waals surface area contributed by atoms with Crippen LogP contribution in [0, 0.1) is 0 Å². The van der Waals surface area contributed by atoms with Gasteiger partial charge in [0, 0.05) is 47.5 Å². The Labute approximate surface area is 182 Å². The van der Waals surface area contributed by atoms with Crippen molar-refractivity contribution in [3.05, 3.63) is 27.0 Å². The predicted molar refractivity (Wildman–Crippen MR) is 118 cm³/mol. The van der Waals surface area contributed by atoms with Crippen LogP contribution in [0.5, 0.6) is 0 Å². The zero-order valence-electron chi connectivity index (χ0n) is 16.3. The van der Waals surface area contributed by atoms with Crippen LogP contribution in [0.1, 0.15) is 32.4 Å². The molecule has 28 heavy (non-hydrogen) atoms. The summed E-state index contributed by atoms with van der Waals surface area (Å²) in [7, 11) is 0. The third-order valence-corrected chi connectivity index (χ3v) is 8.08. The van der Waals surface area contributed by atoms with Gasteiger partial charge < -0.3 is 9.64 Å². The van der Waals surface area contributed by atoms with Gasteiger partial charge in [0.25, 0.3) is 0 Å². The maximum atomic E-state index is 13.0. The molecule has 4 heterocycles. The standard InChI is InChI=1S/C20H26BrN3O2S2/c1-13-8-23(9-14(2)26-13)10-17-4-3-5-24(17)19(25)7-16-12-28-20(22-16)18-6-15(21)11-27-18/h6,11-14,17H,3-5,7-10H2,1-2H3. The first-order valence-electron chi connectivity index (χ1n) is 9.84. The first kappa shape index (κ1) is 20.5. The van der Waals surface area contributed by atoms with Gasteiger partial charge in [-0.2, -0.15) is 0 Å². The summed E-state index contributed by atoms with van der Waals surface area (Å²) in [6.45, 7) is 7.99. The molecule has 0 aliphatic carbocycles. The van der Waals surface area contributed by atoms with E-state index in [1.165, 1.54) is 0 Å². The monoisotopic (exact) mass is 483 g/mol. The number of ether oxygens (including phenoxy) is 1. The molecule has 2 aliphatic heterocycles. The van der Waals surface area contributed by atoms with Crippen LogP contribution in [0.3, 0.4) is 0 Å². The molecule has 0 radical (unpaired) electrons. The summed E-state index contributed by atoms with van der Waals surface area (Å²) < 4.78 is 6.92. The lowest BCUT2D eigenvalue weighted by atomic mass is 10.1. The fourth-order valence-electron chi connectivity index (χ4n) is 4.27. The highest BCUT2D eigenvalue weighted by Crippen LogP contribution is 2.32. The van der Waals surface area contributed by atoms with Crippen molar-refractivity contribution >= 4 is 44.5 Å². The van der Waals surface area contributed by atoms with E-state index in [2.05, 4.69) is 51.0 Å². The maximum Gasteiger partial charge on any atom is 0.228 e. The van der Waals surface area contributed by atoms with Crippen molar-refractivity contribution in [1.29, 1.82) is 0 Å². The largest absolute Gasteiger partial charge is 0.373 e. The van der Waals surface area contributed by atoms with Crippen LogP contribution in [0.2, 0.25) is 0 Å². The molecule has 4 rings (SSSR count). The highest BCUT2D eigenvalue weighted by atomic mass is 79.9. The number of nitrogens with zero attached hydrogens (tertiary/aromatic N) is 3. The number of rotatable bonds is 5. The smallest absolute Gasteiger partial charge is 0.228 e. The Kier molecular flexibility index (Phi) is 6.52. The Balaban J connectivity index is 1.36. The van der Waals surface area contributed by atoms with Crippen molar-refractivity contribution in [1.82, 2.24) is 14.8 Å². The average molecular weight is 484 g/mol. The Morgan fingerprint density at radius 2 is 2.07 bits per heavy atom. The molecule has 8 heteroatoms. The lowest BCUT2D eigenvalue weighted by Gasteiger charge is -2.38. The second kappa shape index (κ2) is 8.92. The van der Waals surface area contributed by atoms with Crippen molar-refractivity contribution in [3.8, 4) is 9.88 Å². The van der Waals surface area contributed by atoms with Gasteiger partial charge in [0.15, 0.2) is 0 Å². The van der Waals surface area contributed by atoms with Crippen LogP contribution < -0.4 is 0 Å². The third kappa shape index (κ3) is 4.84. The van der Waals surface area contributed by atoms with E-state index >= 15 is 0 Å². The van der Waals surface area contributed by atoms with Gasteiger partial charge in [-0.05, 0) is 48.7 Å². The van der Waals surface area contributed by atoms with Crippen LogP contribution in [-0.2, 0) is 16.0 Å². The van der Waals surface area contributed by atoms with Gasteiger partial charge in [0.05, 0.1) is 29.2 Å². The van der Waals surface area contributed by atoms with E-state index in [0.29, 0.717) is 12.5 Å². The van der Waals surface area contributed by atoms with Gasteiger partial charge in [-0.25, -0.2) is 4.98 Å². The summed E-state index contributed by atoms with van der Waals surface area (Å²) in [6.07, 6.45) is 3.12. The normalized spacial score (nSPS) is 26.1. The summed E-state index contributed by atoms with van der Waals surface area (Å²) in [4.78, 5) is 23.4. The molecule has 2 fully saturated rings. The highest BCUT2D eigenvalue weighted by Gasteiger charge is 2.32. The van der Waals surface area contributed by atoms with Crippen molar-refractivity contribution in [2.24, 2.45) is 0 Å². The Morgan fingerprint density at radius 3 is 2.79 bits per heavy atom. The number of hydrogen-bond acceptors (Lipinski definition) is 6. The maximum absolute atomic E-state index is 13.0. The lowest BCUT2D eigenvalue weighted by molar-refractivity contribution is -0.132. The summed E-state index contributed by atoms with van der Waals surface area (Å²) in [6, 6.07) is 2.40. The average Bonchev–Trinajstić information content (AvgIpc) is 3.35. The van der Waals surface area contributed by atoms with Gasteiger partial charge in [0.2, 0.25) is 5.91 Å². The number of hydrogen-bond donors (Lipinski definition) is 0. The molecule has 2 aromatic heterocycles. The first-order chi connectivity index (χ1) is 13.5.